The fourth-order valence-electron chi connectivity index (χ4n) is 2.63. The molecule has 2 aliphatic rings. The number of aliphatic hydroxyl groups excluding tert-OH is 2. The highest BCUT2D eigenvalue weighted by Gasteiger charge is 2.42. The van der Waals surface area contributed by atoms with Crippen LogP contribution < -0.4 is 0 Å². The SMILES string of the molecule is COC1C(O)C(C)OC1C(C)C.COCC1OC(C)C1O. The van der Waals surface area contributed by atoms with E-state index in [1.165, 1.54) is 0 Å². The molecule has 2 aliphatic heterocycles. The Morgan fingerprint density at radius 1 is 1.00 bits per heavy atom. The summed E-state index contributed by atoms with van der Waals surface area (Å²) < 4.78 is 20.7. The lowest BCUT2D eigenvalue weighted by Crippen LogP contribution is -2.54. The average Bonchev–Trinajstić information content (AvgIpc) is 2.75. The molecule has 2 heterocycles. The van der Waals surface area contributed by atoms with E-state index in [9.17, 15) is 5.11 Å². The molecule has 0 aromatic carbocycles. The van der Waals surface area contributed by atoms with E-state index < -0.39 is 6.10 Å². The van der Waals surface area contributed by atoms with E-state index in [0.717, 1.165) is 0 Å². The van der Waals surface area contributed by atoms with Crippen molar-refractivity contribution in [2.45, 2.75) is 70.4 Å². The maximum atomic E-state index is 9.63. The van der Waals surface area contributed by atoms with Crippen LogP contribution in [0.4, 0.5) is 0 Å². The third-order valence-corrected chi connectivity index (χ3v) is 4.02. The van der Waals surface area contributed by atoms with Gasteiger partial charge >= 0.3 is 0 Å². The summed E-state index contributed by atoms with van der Waals surface area (Å²) in [6, 6.07) is 0. The maximum Gasteiger partial charge on any atom is 0.112 e. The number of methoxy groups -OCH3 is 2. The Morgan fingerprint density at radius 3 is 1.90 bits per heavy atom. The van der Waals surface area contributed by atoms with Crippen molar-refractivity contribution in [3.8, 4) is 0 Å². The van der Waals surface area contributed by atoms with E-state index in [4.69, 9.17) is 24.1 Å². The van der Waals surface area contributed by atoms with Crippen molar-refractivity contribution in [2.24, 2.45) is 5.92 Å². The fraction of sp³-hybridized carbons (Fsp3) is 1.00. The predicted molar refractivity (Wildman–Crippen MR) is 78.2 cm³/mol. The van der Waals surface area contributed by atoms with Gasteiger partial charge < -0.3 is 29.2 Å². The second-order valence-corrected chi connectivity index (χ2v) is 6.07. The summed E-state index contributed by atoms with van der Waals surface area (Å²) in [4.78, 5) is 0. The minimum Gasteiger partial charge on any atom is -0.388 e. The van der Waals surface area contributed by atoms with Gasteiger partial charge in [0.25, 0.3) is 0 Å². The van der Waals surface area contributed by atoms with Crippen LogP contribution in [0.25, 0.3) is 0 Å². The molecule has 0 saturated carbocycles. The molecule has 0 aromatic heterocycles. The summed E-state index contributed by atoms with van der Waals surface area (Å²) in [5, 5.41) is 18.7. The van der Waals surface area contributed by atoms with E-state index in [1.54, 1.807) is 14.2 Å². The topological polar surface area (TPSA) is 77.4 Å². The molecule has 6 nitrogen and oxygen atoms in total. The normalized spacial score (nSPS) is 42.4. The molecule has 0 bridgehead atoms. The molecule has 0 spiro atoms. The number of rotatable bonds is 4. The number of ether oxygens (including phenoxy) is 4. The Balaban J connectivity index is 0.000000219. The van der Waals surface area contributed by atoms with Gasteiger partial charge in [0.1, 0.15) is 24.4 Å². The lowest BCUT2D eigenvalue weighted by molar-refractivity contribution is -0.227. The highest BCUT2D eigenvalue weighted by atomic mass is 16.6. The van der Waals surface area contributed by atoms with Gasteiger partial charge in [-0.2, -0.15) is 0 Å². The lowest BCUT2D eigenvalue weighted by atomic mass is 9.99. The Bertz CT molecular complexity index is 296. The Kier molecular flexibility index (Phi) is 7.53. The van der Waals surface area contributed by atoms with Crippen LogP contribution in [0.1, 0.15) is 27.7 Å². The molecular weight excluding hydrogens is 276 g/mol. The predicted octanol–water partition coefficient (Wildman–Crippen LogP) is 0.587. The Labute approximate surface area is 127 Å². The summed E-state index contributed by atoms with van der Waals surface area (Å²) in [6.07, 6.45) is -1.16. The zero-order valence-electron chi connectivity index (χ0n) is 13.9. The maximum absolute atomic E-state index is 9.63. The quantitative estimate of drug-likeness (QED) is 0.791. The van der Waals surface area contributed by atoms with Crippen LogP contribution in [-0.4, -0.2) is 73.8 Å². The summed E-state index contributed by atoms with van der Waals surface area (Å²) in [7, 11) is 3.21. The van der Waals surface area contributed by atoms with Crippen molar-refractivity contribution in [2.75, 3.05) is 20.8 Å². The van der Waals surface area contributed by atoms with Gasteiger partial charge in [-0.1, -0.05) is 13.8 Å². The zero-order chi connectivity index (χ0) is 16.2. The van der Waals surface area contributed by atoms with Crippen LogP contribution in [0.15, 0.2) is 0 Å². The van der Waals surface area contributed by atoms with Crippen molar-refractivity contribution in [3.63, 3.8) is 0 Å². The first-order chi connectivity index (χ1) is 9.83. The van der Waals surface area contributed by atoms with Crippen LogP contribution in [0.5, 0.6) is 0 Å². The van der Waals surface area contributed by atoms with Crippen molar-refractivity contribution in [1.29, 1.82) is 0 Å². The van der Waals surface area contributed by atoms with E-state index in [2.05, 4.69) is 13.8 Å². The average molecular weight is 306 g/mol. The second-order valence-electron chi connectivity index (χ2n) is 6.07. The molecule has 126 valence electrons. The number of hydrogen-bond acceptors (Lipinski definition) is 6. The van der Waals surface area contributed by atoms with Gasteiger partial charge in [-0.15, -0.1) is 0 Å². The van der Waals surface area contributed by atoms with E-state index >= 15 is 0 Å². The van der Waals surface area contributed by atoms with Gasteiger partial charge in [-0.05, 0) is 19.8 Å². The first-order valence-electron chi connectivity index (χ1n) is 7.52. The van der Waals surface area contributed by atoms with Crippen LogP contribution in [0.2, 0.25) is 0 Å². The van der Waals surface area contributed by atoms with Crippen molar-refractivity contribution in [3.05, 3.63) is 0 Å². The largest absolute Gasteiger partial charge is 0.388 e. The summed E-state index contributed by atoms with van der Waals surface area (Å²) in [6.45, 7) is 8.35. The van der Waals surface area contributed by atoms with Gasteiger partial charge in [0.05, 0.1) is 24.9 Å². The van der Waals surface area contributed by atoms with E-state index in [0.29, 0.717) is 12.5 Å². The molecule has 0 aromatic rings. The van der Waals surface area contributed by atoms with Gasteiger partial charge in [-0.3, -0.25) is 0 Å². The molecule has 6 heteroatoms. The molecule has 2 fully saturated rings. The van der Waals surface area contributed by atoms with Crippen LogP contribution >= 0.6 is 0 Å². The van der Waals surface area contributed by atoms with Gasteiger partial charge in [0.15, 0.2) is 0 Å². The summed E-state index contributed by atoms with van der Waals surface area (Å²) in [5.41, 5.74) is 0. The molecule has 7 unspecified atom stereocenters. The standard InChI is InChI=1S/C9H18O3.C6H12O3/c1-5(2)8-9(11-4)7(10)6(3)12-8;1-4-6(7)5(9-4)3-8-2/h5-10H,1-4H3;4-7H,3H2,1-2H3. The third-order valence-electron chi connectivity index (χ3n) is 4.02. The van der Waals surface area contributed by atoms with Crippen molar-refractivity contribution in [1.82, 2.24) is 0 Å². The molecular formula is C15H30O6. The van der Waals surface area contributed by atoms with Gasteiger partial charge in [0.2, 0.25) is 0 Å². The summed E-state index contributed by atoms with van der Waals surface area (Å²) in [5.74, 6) is 0.384. The fourth-order valence-corrected chi connectivity index (χ4v) is 2.63. The minimum absolute atomic E-state index is 0.00912. The molecule has 0 amide bonds. The third kappa shape index (κ3) is 4.61. The molecule has 0 aliphatic carbocycles. The second kappa shape index (κ2) is 8.41. The van der Waals surface area contributed by atoms with E-state index in [-0.39, 0.29) is 36.6 Å². The zero-order valence-corrected chi connectivity index (χ0v) is 13.9. The Morgan fingerprint density at radius 2 is 1.57 bits per heavy atom. The molecule has 7 atom stereocenters. The molecule has 2 N–H and O–H groups in total. The summed E-state index contributed by atoms with van der Waals surface area (Å²) >= 11 is 0. The van der Waals surface area contributed by atoms with Gasteiger partial charge in [0, 0.05) is 14.2 Å². The highest BCUT2D eigenvalue weighted by Crippen LogP contribution is 2.27. The highest BCUT2D eigenvalue weighted by molar-refractivity contribution is 4.90. The molecule has 0 radical (unpaired) electrons. The van der Waals surface area contributed by atoms with Crippen molar-refractivity contribution < 1.29 is 29.2 Å². The van der Waals surface area contributed by atoms with Gasteiger partial charge in [-0.25, -0.2) is 0 Å². The molecule has 2 rings (SSSR count). The smallest absolute Gasteiger partial charge is 0.112 e. The van der Waals surface area contributed by atoms with Crippen molar-refractivity contribution >= 4 is 0 Å². The number of hydrogen-bond donors (Lipinski definition) is 2. The first kappa shape index (κ1) is 18.8. The Hall–Kier alpha value is -0.240. The van der Waals surface area contributed by atoms with Crippen LogP contribution in [0, 0.1) is 5.92 Å². The minimum atomic E-state index is -0.484. The van der Waals surface area contributed by atoms with E-state index in [1.807, 2.05) is 13.8 Å². The monoisotopic (exact) mass is 306 g/mol. The number of aliphatic hydroxyl groups is 2. The van der Waals surface area contributed by atoms with Crippen LogP contribution in [-0.2, 0) is 18.9 Å². The molecule has 2 saturated heterocycles. The first-order valence-corrected chi connectivity index (χ1v) is 7.52. The molecule has 21 heavy (non-hydrogen) atoms. The van der Waals surface area contributed by atoms with Crippen LogP contribution in [0.3, 0.4) is 0 Å². The lowest BCUT2D eigenvalue weighted by Gasteiger charge is -2.38.